The van der Waals surface area contributed by atoms with E-state index in [4.69, 9.17) is 5.10 Å². The maximum Gasteiger partial charge on any atom is 0.255 e. The molecule has 8 heteroatoms. The van der Waals surface area contributed by atoms with Crippen LogP contribution in [0.15, 0.2) is 85.1 Å². The Kier molecular flexibility index (Phi) is 6.81. The fraction of sp³-hybridized carbons (Fsp3) is 0.172. The number of piperazine rings is 1. The zero-order valence-electron chi connectivity index (χ0n) is 20.5. The molecule has 37 heavy (non-hydrogen) atoms. The van der Waals surface area contributed by atoms with Gasteiger partial charge in [0.15, 0.2) is 0 Å². The number of para-hydroxylation sites is 1. The predicted molar refractivity (Wildman–Crippen MR) is 140 cm³/mol. The standard InChI is InChI=1S/C29H27N5O3/c1-20-7-5-6-10-24(20)27-25(18-34(32-27)23-8-3-2-4-9-23)28(36)31-17-21-11-13-22(14-12-21)29(37)33-16-15-30-26(35)19-33/h2-14,18H,15-17,19H2,1H3,(H,30,35)(H,31,36). The van der Waals surface area contributed by atoms with Gasteiger partial charge in [0.05, 0.1) is 17.8 Å². The topological polar surface area (TPSA) is 96.3 Å². The van der Waals surface area contributed by atoms with Crippen molar-refractivity contribution in [3.63, 3.8) is 0 Å². The normalized spacial score (nSPS) is 13.2. The number of amides is 3. The molecular weight excluding hydrogens is 466 g/mol. The molecule has 1 aromatic heterocycles. The van der Waals surface area contributed by atoms with Gasteiger partial charge in [-0.1, -0.05) is 54.6 Å². The van der Waals surface area contributed by atoms with E-state index in [-0.39, 0.29) is 24.3 Å². The van der Waals surface area contributed by atoms with E-state index in [9.17, 15) is 14.4 Å². The molecule has 2 heterocycles. The molecule has 0 bridgehead atoms. The van der Waals surface area contributed by atoms with Crippen molar-refractivity contribution in [1.29, 1.82) is 0 Å². The lowest BCUT2D eigenvalue weighted by Gasteiger charge is -2.26. The van der Waals surface area contributed by atoms with Gasteiger partial charge in [0.25, 0.3) is 11.8 Å². The summed E-state index contributed by atoms with van der Waals surface area (Å²) in [4.78, 5) is 39.1. The molecule has 0 radical (unpaired) electrons. The van der Waals surface area contributed by atoms with Crippen LogP contribution in [0, 0.1) is 6.92 Å². The molecule has 186 valence electrons. The second-order valence-electron chi connectivity index (χ2n) is 8.94. The lowest BCUT2D eigenvalue weighted by atomic mass is 10.0. The predicted octanol–water partition coefficient (Wildman–Crippen LogP) is 3.35. The number of aromatic nitrogens is 2. The number of aryl methyl sites for hydroxylation is 1. The van der Waals surface area contributed by atoms with Gasteiger partial charge >= 0.3 is 0 Å². The van der Waals surface area contributed by atoms with Gasteiger partial charge in [-0.3, -0.25) is 14.4 Å². The van der Waals surface area contributed by atoms with Crippen LogP contribution in [0.2, 0.25) is 0 Å². The van der Waals surface area contributed by atoms with Crippen LogP contribution in [0.5, 0.6) is 0 Å². The third kappa shape index (κ3) is 5.28. The van der Waals surface area contributed by atoms with Gasteiger partial charge in [0.1, 0.15) is 5.69 Å². The highest BCUT2D eigenvalue weighted by Gasteiger charge is 2.22. The van der Waals surface area contributed by atoms with Gasteiger partial charge in [-0.05, 0) is 42.3 Å². The lowest BCUT2D eigenvalue weighted by molar-refractivity contribution is -0.123. The van der Waals surface area contributed by atoms with E-state index in [0.717, 1.165) is 22.4 Å². The van der Waals surface area contributed by atoms with Gasteiger partial charge in [-0.2, -0.15) is 5.10 Å². The maximum atomic E-state index is 13.3. The van der Waals surface area contributed by atoms with Gasteiger partial charge in [-0.15, -0.1) is 0 Å². The summed E-state index contributed by atoms with van der Waals surface area (Å²) in [5.74, 6) is -0.568. The first kappa shape index (κ1) is 24.0. The van der Waals surface area contributed by atoms with E-state index in [0.29, 0.717) is 36.5 Å². The zero-order chi connectivity index (χ0) is 25.8. The van der Waals surface area contributed by atoms with Crippen LogP contribution in [-0.4, -0.2) is 52.0 Å². The van der Waals surface area contributed by atoms with Crippen LogP contribution in [0.3, 0.4) is 0 Å². The van der Waals surface area contributed by atoms with Crippen LogP contribution in [0.25, 0.3) is 16.9 Å². The largest absolute Gasteiger partial charge is 0.353 e. The number of benzene rings is 3. The Bertz CT molecular complexity index is 1440. The van der Waals surface area contributed by atoms with E-state index < -0.39 is 0 Å². The summed E-state index contributed by atoms with van der Waals surface area (Å²) < 4.78 is 1.72. The van der Waals surface area contributed by atoms with Gasteiger partial charge in [0, 0.05) is 37.0 Å². The molecule has 0 aliphatic carbocycles. The Hall–Kier alpha value is -4.72. The molecule has 1 fully saturated rings. The van der Waals surface area contributed by atoms with Crippen molar-refractivity contribution in [2.45, 2.75) is 13.5 Å². The number of hydrogen-bond acceptors (Lipinski definition) is 4. The minimum Gasteiger partial charge on any atom is -0.353 e. The summed E-state index contributed by atoms with van der Waals surface area (Å²) in [5.41, 5.74) is 5.25. The molecule has 1 aliphatic heterocycles. The van der Waals surface area contributed by atoms with Crippen molar-refractivity contribution in [3.8, 4) is 16.9 Å². The first-order valence-corrected chi connectivity index (χ1v) is 12.1. The Morgan fingerprint density at radius 2 is 1.70 bits per heavy atom. The number of hydrogen-bond donors (Lipinski definition) is 2. The molecule has 3 amide bonds. The Labute approximate surface area is 214 Å². The van der Waals surface area contributed by atoms with E-state index in [2.05, 4.69) is 10.6 Å². The van der Waals surface area contributed by atoms with Gasteiger partial charge < -0.3 is 15.5 Å². The second-order valence-corrected chi connectivity index (χ2v) is 8.94. The summed E-state index contributed by atoms with van der Waals surface area (Å²) in [7, 11) is 0. The molecule has 0 atom stereocenters. The fourth-order valence-corrected chi connectivity index (χ4v) is 4.33. The molecule has 3 aromatic carbocycles. The Morgan fingerprint density at radius 1 is 0.973 bits per heavy atom. The molecule has 0 spiro atoms. The minimum atomic E-state index is -0.236. The monoisotopic (exact) mass is 493 g/mol. The first-order valence-electron chi connectivity index (χ1n) is 12.1. The smallest absolute Gasteiger partial charge is 0.255 e. The van der Waals surface area contributed by atoms with Crippen molar-refractivity contribution in [2.24, 2.45) is 0 Å². The van der Waals surface area contributed by atoms with Crippen molar-refractivity contribution >= 4 is 17.7 Å². The average molecular weight is 494 g/mol. The van der Waals surface area contributed by atoms with Crippen molar-refractivity contribution < 1.29 is 14.4 Å². The van der Waals surface area contributed by atoms with Crippen molar-refractivity contribution in [1.82, 2.24) is 25.3 Å². The molecule has 1 aliphatic rings. The molecule has 1 saturated heterocycles. The number of carbonyl (C=O) groups is 3. The molecule has 8 nitrogen and oxygen atoms in total. The highest BCUT2D eigenvalue weighted by molar-refractivity contribution is 6.00. The highest BCUT2D eigenvalue weighted by Crippen LogP contribution is 2.26. The van der Waals surface area contributed by atoms with Crippen LogP contribution < -0.4 is 10.6 Å². The Morgan fingerprint density at radius 3 is 2.43 bits per heavy atom. The van der Waals surface area contributed by atoms with Crippen LogP contribution in [-0.2, 0) is 11.3 Å². The molecule has 2 N–H and O–H groups in total. The van der Waals surface area contributed by atoms with Crippen molar-refractivity contribution in [2.75, 3.05) is 19.6 Å². The first-order chi connectivity index (χ1) is 18.0. The molecule has 0 saturated carbocycles. The SMILES string of the molecule is Cc1ccccc1-c1nn(-c2ccccc2)cc1C(=O)NCc1ccc(C(=O)N2CCNC(=O)C2)cc1. The summed E-state index contributed by atoms with van der Waals surface area (Å²) in [6.07, 6.45) is 1.75. The van der Waals surface area contributed by atoms with E-state index in [1.54, 1.807) is 23.0 Å². The van der Waals surface area contributed by atoms with Crippen LogP contribution in [0.1, 0.15) is 31.8 Å². The maximum absolute atomic E-state index is 13.3. The van der Waals surface area contributed by atoms with Gasteiger partial charge in [0.2, 0.25) is 5.91 Å². The average Bonchev–Trinajstić information content (AvgIpc) is 3.38. The number of carbonyl (C=O) groups excluding carboxylic acids is 3. The molecule has 0 unspecified atom stereocenters. The quantitative estimate of drug-likeness (QED) is 0.431. The third-order valence-electron chi connectivity index (χ3n) is 6.36. The van der Waals surface area contributed by atoms with Crippen LogP contribution >= 0.6 is 0 Å². The summed E-state index contributed by atoms with van der Waals surface area (Å²) in [5, 5.41) is 10.5. The van der Waals surface area contributed by atoms with Gasteiger partial charge in [-0.25, -0.2) is 4.68 Å². The van der Waals surface area contributed by atoms with Crippen molar-refractivity contribution in [3.05, 3.63) is 107 Å². The Balaban J connectivity index is 1.33. The summed E-state index contributed by atoms with van der Waals surface area (Å²) >= 11 is 0. The molecular formula is C29H27N5O3. The van der Waals surface area contributed by atoms with E-state index in [1.165, 1.54) is 4.90 Å². The second kappa shape index (κ2) is 10.5. The number of nitrogens with one attached hydrogen (secondary N) is 2. The summed E-state index contributed by atoms with van der Waals surface area (Å²) in [6.45, 7) is 3.31. The summed E-state index contributed by atoms with van der Waals surface area (Å²) in [6, 6.07) is 24.6. The van der Waals surface area contributed by atoms with E-state index >= 15 is 0 Å². The van der Waals surface area contributed by atoms with Crippen LogP contribution in [0.4, 0.5) is 0 Å². The molecule has 4 aromatic rings. The van der Waals surface area contributed by atoms with E-state index in [1.807, 2.05) is 73.7 Å². The minimum absolute atomic E-state index is 0.0660. The zero-order valence-corrected chi connectivity index (χ0v) is 20.5. The highest BCUT2D eigenvalue weighted by atomic mass is 16.2. The third-order valence-corrected chi connectivity index (χ3v) is 6.36. The number of rotatable bonds is 6. The molecule has 5 rings (SSSR count). The number of nitrogens with zero attached hydrogens (tertiary/aromatic N) is 3. The lowest BCUT2D eigenvalue weighted by Crippen LogP contribution is -2.49. The fourth-order valence-electron chi connectivity index (χ4n) is 4.33.